The standard InChI is InChI=1S/C14H26N4/c1-4-13-16-14(5-2)18(17-13)11(3)7-6-10-15-12-8-9-12/h11-12,15H,4-10H2,1-3H3. The van der Waals surface area contributed by atoms with Crippen LogP contribution < -0.4 is 5.32 Å². The SMILES string of the molecule is CCc1nc(CC)n(C(C)CCCNC2CC2)n1. The lowest BCUT2D eigenvalue weighted by atomic mass is 10.2. The van der Waals surface area contributed by atoms with Crippen LogP contribution in [-0.4, -0.2) is 27.4 Å². The van der Waals surface area contributed by atoms with Crippen LogP contribution in [0.2, 0.25) is 0 Å². The van der Waals surface area contributed by atoms with Crippen molar-refractivity contribution in [3.63, 3.8) is 0 Å². The third-order valence-electron chi connectivity index (χ3n) is 3.60. The zero-order chi connectivity index (χ0) is 13.0. The van der Waals surface area contributed by atoms with Gasteiger partial charge in [0.2, 0.25) is 0 Å². The lowest BCUT2D eigenvalue weighted by molar-refractivity contribution is 0.423. The lowest BCUT2D eigenvalue weighted by Gasteiger charge is -2.14. The molecular weight excluding hydrogens is 224 g/mol. The summed E-state index contributed by atoms with van der Waals surface area (Å²) in [5.41, 5.74) is 0. The molecule has 102 valence electrons. The van der Waals surface area contributed by atoms with Gasteiger partial charge in [0.25, 0.3) is 0 Å². The van der Waals surface area contributed by atoms with Crippen molar-refractivity contribution >= 4 is 0 Å². The topological polar surface area (TPSA) is 42.7 Å². The monoisotopic (exact) mass is 250 g/mol. The Morgan fingerprint density at radius 1 is 1.33 bits per heavy atom. The van der Waals surface area contributed by atoms with Gasteiger partial charge in [0, 0.05) is 18.9 Å². The molecule has 0 spiro atoms. The van der Waals surface area contributed by atoms with Gasteiger partial charge in [-0.05, 0) is 39.2 Å². The van der Waals surface area contributed by atoms with Gasteiger partial charge >= 0.3 is 0 Å². The highest BCUT2D eigenvalue weighted by Gasteiger charge is 2.20. The Bertz CT molecular complexity index is 368. The van der Waals surface area contributed by atoms with E-state index in [1.165, 1.54) is 25.7 Å². The van der Waals surface area contributed by atoms with Gasteiger partial charge in [-0.1, -0.05) is 13.8 Å². The average molecular weight is 250 g/mol. The molecule has 1 aliphatic carbocycles. The molecule has 1 fully saturated rings. The fourth-order valence-electron chi connectivity index (χ4n) is 2.26. The number of nitrogens with zero attached hydrogens (tertiary/aromatic N) is 3. The molecule has 0 radical (unpaired) electrons. The third-order valence-corrected chi connectivity index (χ3v) is 3.60. The van der Waals surface area contributed by atoms with E-state index in [0.717, 1.165) is 37.1 Å². The number of hydrogen-bond acceptors (Lipinski definition) is 3. The smallest absolute Gasteiger partial charge is 0.150 e. The second-order valence-electron chi connectivity index (χ2n) is 5.32. The molecule has 0 aliphatic heterocycles. The molecule has 0 aromatic carbocycles. The normalized spacial score (nSPS) is 17.1. The number of hydrogen-bond donors (Lipinski definition) is 1. The summed E-state index contributed by atoms with van der Waals surface area (Å²) in [6.45, 7) is 7.67. The van der Waals surface area contributed by atoms with Crippen molar-refractivity contribution in [2.45, 2.75) is 71.4 Å². The van der Waals surface area contributed by atoms with Crippen molar-refractivity contribution in [2.24, 2.45) is 0 Å². The molecule has 4 heteroatoms. The Hall–Kier alpha value is -0.900. The number of aromatic nitrogens is 3. The summed E-state index contributed by atoms with van der Waals surface area (Å²) < 4.78 is 2.13. The van der Waals surface area contributed by atoms with E-state index >= 15 is 0 Å². The van der Waals surface area contributed by atoms with Gasteiger partial charge in [0.1, 0.15) is 5.82 Å². The van der Waals surface area contributed by atoms with Crippen molar-refractivity contribution in [3.8, 4) is 0 Å². The summed E-state index contributed by atoms with van der Waals surface area (Å²) in [6.07, 6.45) is 7.05. The van der Waals surface area contributed by atoms with Crippen LogP contribution in [0.4, 0.5) is 0 Å². The molecule has 2 rings (SSSR count). The van der Waals surface area contributed by atoms with Crippen LogP contribution >= 0.6 is 0 Å². The second-order valence-corrected chi connectivity index (χ2v) is 5.32. The van der Waals surface area contributed by atoms with Gasteiger partial charge in [0.15, 0.2) is 5.82 Å². The fraction of sp³-hybridized carbons (Fsp3) is 0.857. The predicted octanol–water partition coefficient (Wildman–Crippen LogP) is 2.50. The summed E-state index contributed by atoms with van der Waals surface area (Å²) in [6, 6.07) is 1.29. The van der Waals surface area contributed by atoms with Gasteiger partial charge < -0.3 is 5.32 Å². The van der Waals surface area contributed by atoms with Crippen LogP contribution in [0.25, 0.3) is 0 Å². The first-order valence-electron chi connectivity index (χ1n) is 7.42. The van der Waals surface area contributed by atoms with Crippen LogP contribution in [0.1, 0.15) is 64.1 Å². The second kappa shape index (κ2) is 6.32. The molecule has 18 heavy (non-hydrogen) atoms. The van der Waals surface area contributed by atoms with Gasteiger partial charge in [-0.25, -0.2) is 9.67 Å². The molecule has 1 atom stereocenters. The quantitative estimate of drug-likeness (QED) is 0.721. The summed E-state index contributed by atoms with van der Waals surface area (Å²) in [5.74, 6) is 2.12. The molecule has 1 aromatic heterocycles. The van der Waals surface area contributed by atoms with E-state index < -0.39 is 0 Å². The van der Waals surface area contributed by atoms with E-state index in [0.29, 0.717) is 6.04 Å². The van der Waals surface area contributed by atoms with Crippen molar-refractivity contribution < 1.29 is 0 Å². The van der Waals surface area contributed by atoms with E-state index in [2.05, 4.69) is 40.9 Å². The summed E-state index contributed by atoms with van der Waals surface area (Å²) in [7, 11) is 0. The largest absolute Gasteiger partial charge is 0.314 e. The van der Waals surface area contributed by atoms with Crippen LogP contribution in [0.5, 0.6) is 0 Å². The van der Waals surface area contributed by atoms with Crippen molar-refractivity contribution in [2.75, 3.05) is 6.54 Å². The molecule has 1 unspecified atom stereocenters. The maximum Gasteiger partial charge on any atom is 0.150 e. The molecule has 1 aliphatic rings. The van der Waals surface area contributed by atoms with Crippen molar-refractivity contribution in [1.29, 1.82) is 0 Å². The zero-order valence-corrected chi connectivity index (χ0v) is 11.9. The first-order valence-corrected chi connectivity index (χ1v) is 7.42. The van der Waals surface area contributed by atoms with E-state index in [-0.39, 0.29) is 0 Å². The van der Waals surface area contributed by atoms with Gasteiger partial charge in [0.05, 0.1) is 6.04 Å². The maximum absolute atomic E-state index is 4.61. The average Bonchev–Trinajstić information content (AvgIpc) is 3.11. The first kappa shape index (κ1) is 13.5. The van der Waals surface area contributed by atoms with E-state index in [4.69, 9.17) is 0 Å². The maximum atomic E-state index is 4.61. The van der Waals surface area contributed by atoms with Crippen LogP contribution in [0.15, 0.2) is 0 Å². The highest BCUT2D eigenvalue weighted by atomic mass is 15.4. The van der Waals surface area contributed by atoms with E-state index in [1.54, 1.807) is 0 Å². The zero-order valence-electron chi connectivity index (χ0n) is 11.9. The Morgan fingerprint density at radius 2 is 2.11 bits per heavy atom. The van der Waals surface area contributed by atoms with Crippen LogP contribution in [0.3, 0.4) is 0 Å². The first-order chi connectivity index (χ1) is 8.74. The molecule has 1 aromatic rings. The lowest BCUT2D eigenvalue weighted by Crippen LogP contribution is -2.19. The Labute approximate surface area is 110 Å². The Morgan fingerprint density at radius 3 is 2.72 bits per heavy atom. The van der Waals surface area contributed by atoms with E-state index in [9.17, 15) is 0 Å². The van der Waals surface area contributed by atoms with Crippen LogP contribution in [-0.2, 0) is 12.8 Å². The molecule has 0 amide bonds. The summed E-state index contributed by atoms with van der Waals surface area (Å²) in [5, 5.41) is 8.17. The van der Waals surface area contributed by atoms with Crippen molar-refractivity contribution in [1.82, 2.24) is 20.1 Å². The molecule has 1 saturated carbocycles. The van der Waals surface area contributed by atoms with Gasteiger partial charge in [-0.3, -0.25) is 0 Å². The van der Waals surface area contributed by atoms with E-state index in [1.807, 2.05) is 0 Å². The highest BCUT2D eigenvalue weighted by Crippen LogP contribution is 2.19. The summed E-state index contributed by atoms with van der Waals surface area (Å²) in [4.78, 5) is 4.57. The minimum Gasteiger partial charge on any atom is -0.314 e. The van der Waals surface area contributed by atoms with Crippen molar-refractivity contribution in [3.05, 3.63) is 11.6 Å². The fourth-order valence-corrected chi connectivity index (χ4v) is 2.26. The predicted molar refractivity (Wildman–Crippen MR) is 73.7 cm³/mol. The molecule has 4 nitrogen and oxygen atoms in total. The molecule has 1 N–H and O–H groups in total. The minimum atomic E-state index is 0.466. The molecular formula is C14H26N4. The van der Waals surface area contributed by atoms with Crippen LogP contribution in [0, 0.1) is 0 Å². The Balaban J connectivity index is 1.81. The number of nitrogens with one attached hydrogen (secondary N) is 1. The minimum absolute atomic E-state index is 0.466. The summed E-state index contributed by atoms with van der Waals surface area (Å²) >= 11 is 0. The van der Waals surface area contributed by atoms with Gasteiger partial charge in [-0.15, -0.1) is 0 Å². The Kier molecular flexibility index (Phi) is 4.75. The number of rotatable bonds is 8. The van der Waals surface area contributed by atoms with Gasteiger partial charge in [-0.2, -0.15) is 5.10 Å². The molecule has 0 saturated heterocycles. The third kappa shape index (κ3) is 3.55. The molecule has 1 heterocycles. The highest BCUT2D eigenvalue weighted by molar-refractivity contribution is 4.94. The number of aryl methyl sites for hydroxylation is 2. The molecule has 0 bridgehead atoms.